The van der Waals surface area contributed by atoms with Crippen molar-refractivity contribution in [1.29, 1.82) is 0 Å². The van der Waals surface area contributed by atoms with E-state index < -0.39 is 17.5 Å². The van der Waals surface area contributed by atoms with Gasteiger partial charge in [0.1, 0.15) is 5.75 Å². The Hall–Kier alpha value is -2.81. The minimum absolute atomic E-state index is 0.0176. The van der Waals surface area contributed by atoms with Gasteiger partial charge in [0.2, 0.25) is 0 Å². The highest BCUT2D eigenvalue weighted by atomic mass is 16.5. The summed E-state index contributed by atoms with van der Waals surface area (Å²) in [6, 6.07) is 4.44. The van der Waals surface area contributed by atoms with E-state index in [9.17, 15) is 9.59 Å². The van der Waals surface area contributed by atoms with Gasteiger partial charge in [0.05, 0.1) is 24.3 Å². The first-order chi connectivity index (χ1) is 13.1. The molecule has 0 fully saturated rings. The van der Waals surface area contributed by atoms with Gasteiger partial charge in [-0.2, -0.15) is 0 Å². The van der Waals surface area contributed by atoms with Gasteiger partial charge in [0.15, 0.2) is 11.7 Å². The number of Topliss-reactive ketones (excluding diaryl/α,β-unsaturated/α-hetero) is 1. The van der Waals surface area contributed by atoms with Crippen LogP contribution in [0.5, 0.6) is 5.75 Å². The molecule has 0 aliphatic carbocycles. The maximum atomic E-state index is 12.9. The first-order valence-corrected chi connectivity index (χ1v) is 9.21. The number of amides is 1. The molecule has 1 atom stereocenters. The summed E-state index contributed by atoms with van der Waals surface area (Å²) in [7, 11) is 1.49. The third-order valence-corrected chi connectivity index (χ3v) is 4.03. The Morgan fingerprint density at radius 3 is 2.50 bits per heavy atom. The van der Waals surface area contributed by atoms with E-state index in [4.69, 9.17) is 21.9 Å². The number of ketones is 1. The number of benzene rings is 1. The molecular weight excluding hydrogens is 360 g/mol. The normalized spacial score (nSPS) is 12.0. The molecule has 9 heteroatoms. The standard InChI is InChI=1S/C19H32N6O3/c1-5-23-12-8-9-15(28-4)13(11-12)17(27)25-14(16(26)19(2,3)22)7-6-10-24-18(20)21/h8-9,11,14,23H,5-7,10,22H2,1-4H3,(H,25,27)(H4,20,21,24). The second-order valence-corrected chi connectivity index (χ2v) is 7.01. The number of guanidine groups is 1. The van der Waals surface area contributed by atoms with Crippen LogP contribution in [-0.2, 0) is 4.79 Å². The van der Waals surface area contributed by atoms with Gasteiger partial charge in [0, 0.05) is 18.8 Å². The van der Waals surface area contributed by atoms with E-state index in [1.807, 2.05) is 13.0 Å². The largest absolute Gasteiger partial charge is 0.496 e. The summed E-state index contributed by atoms with van der Waals surface area (Å²) >= 11 is 0. The molecule has 8 N–H and O–H groups in total. The number of aliphatic imine (C=N–C) groups is 1. The number of nitrogens with one attached hydrogen (secondary N) is 2. The highest BCUT2D eigenvalue weighted by Gasteiger charge is 2.31. The lowest BCUT2D eigenvalue weighted by atomic mass is 9.91. The number of hydrogen-bond donors (Lipinski definition) is 5. The molecule has 0 saturated heterocycles. The van der Waals surface area contributed by atoms with E-state index >= 15 is 0 Å². The molecule has 0 radical (unpaired) electrons. The number of hydrogen-bond acceptors (Lipinski definition) is 6. The van der Waals surface area contributed by atoms with Gasteiger partial charge in [-0.3, -0.25) is 14.6 Å². The minimum Gasteiger partial charge on any atom is -0.496 e. The van der Waals surface area contributed by atoms with E-state index in [0.29, 0.717) is 37.2 Å². The Morgan fingerprint density at radius 1 is 1.29 bits per heavy atom. The second kappa shape index (κ2) is 10.5. The monoisotopic (exact) mass is 392 g/mol. The van der Waals surface area contributed by atoms with Crippen molar-refractivity contribution in [1.82, 2.24) is 5.32 Å². The van der Waals surface area contributed by atoms with Crippen molar-refractivity contribution >= 4 is 23.3 Å². The van der Waals surface area contributed by atoms with Crippen LogP contribution in [0.3, 0.4) is 0 Å². The number of ether oxygens (including phenoxy) is 1. The molecule has 1 rings (SSSR count). The average molecular weight is 393 g/mol. The zero-order valence-electron chi connectivity index (χ0n) is 17.0. The number of carbonyl (C=O) groups is 2. The Bertz CT molecular complexity index is 708. The van der Waals surface area contributed by atoms with Gasteiger partial charge in [-0.25, -0.2) is 0 Å². The zero-order chi connectivity index (χ0) is 21.3. The first-order valence-electron chi connectivity index (χ1n) is 9.21. The van der Waals surface area contributed by atoms with E-state index in [0.717, 1.165) is 5.69 Å². The van der Waals surface area contributed by atoms with Crippen molar-refractivity contribution in [3.8, 4) is 5.75 Å². The Morgan fingerprint density at radius 2 is 1.96 bits per heavy atom. The van der Waals surface area contributed by atoms with Crippen LogP contribution in [0, 0.1) is 0 Å². The SMILES string of the molecule is CCNc1ccc(OC)c(C(=O)NC(CCCN=C(N)N)C(=O)C(C)(C)N)c1. The number of rotatable bonds is 11. The molecule has 0 aromatic heterocycles. The summed E-state index contributed by atoms with van der Waals surface area (Å²) in [5, 5.41) is 5.93. The van der Waals surface area contributed by atoms with Gasteiger partial charge in [-0.05, 0) is 51.8 Å². The third kappa shape index (κ3) is 7.07. The summed E-state index contributed by atoms with van der Waals surface area (Å²) in [5.74, 6) is -0.290. The fraction of sp³-hybridized carbons (Fsp3) is 0.526. The quantitative estimate of drug-likeness (QED) is 0.209. The number of anilines is 1. The van der Waals surface area contributed by atoms with Crippen LogP contribution < -0.4 is 32.6 Å². The number of nitrogens with zero attached hydrogens (tertiary/aromatic N) is 1. The van der Waals surface area contributed by atoms with Crippen molar-refractivity contribution in [2.45, 2.75) is 45.2 Å². The topological polar surface area (TPSA) is 158 Å². The summed E-state index contributed by atoms with van der Waals surface area (Å²) in [6.07, 6.45) is 0.871. The van der Waals surface area contributed by atoms with Crippen LogP contribution in [0.4, 0.5) is 5.69 Å². The summed E-state index contributed by atoms with van der Waals surface area (Å²) in [5.41, 5.74) is 16.6. The molecule has 1 aromatic carbocycles. The molecule has 1 aromatic rings. The predicted molar refractivity (Wildman–Crippen MR) is 112 cm³/mol. The Kier molecular flexibility index (Phi) is 8.72. The van der Waals surface area contributed by atoms with Crippen LogP contribution in [0.2, 0.25) is 0 Å². The van der Waals surface area contributed by atoms with E-state index in [-0.39, 0.29) is 11.7 Å². The molecule has 28 heavy (non-hydrogen) atoms. The lowest BCUT2D eigenvalue weighted by Crippen LogP contribution is -2.53. The molecule has 0 aliphatic heterocycles. The van der Waals surface area contributed by atoms with Gasteiger partial charge >= 0.3 is 0 Å². The smallest absolute Gasteiger partial charge is 0.255 e. The van der Waals surface area contributed by atoms with Crippen LogP contribution >= 0.6 is 0 Å². The Balaban J connectivity index is 3.03. The average Bonchev–Trinajstić information content (AvgIpc) is 2.62. The van der Waals surface area contributed by atoms with Crippen LogP contribution in [-0.4, -0.2) is 49.4 Å². The van der Waals surface area contributed by atoms with Gasteiger partial charge < -0.3 is 32.6 Å². The maximum absolute atomic E-state index is 12.9. The molecule has 1 unspecified atom stereocenters. The highest BCUT2D eigenvalue weighted by molar-refractivity contribution is 6.02. The highest BCUT2D eigenvalue weighted by Crippen LogP contribution is 2.23. The van der Waals surface area contributed by atoms with E-state index in [1.165, 1.54) is 7.11 Å². The van der Waals surface area contributed by atoms with E-state index in [1.54, 1.807) is 26.0 Å². The maximum Gasteiger partial charge on any atom is 0.255 e. The fourth-order valence-corrected chi connectivity index (χ4v) is 2.66. The molecule has 0 aliphatic rings. The molecule has 0 heterocycles. The van der Waals surface area contributed by atoms with Gasteiger partial charge in [-0.1, -0.05) is 0 Å². The lowest BCUT2D eigenvalue weighted by molar-refractivity contribution is -0.125. The molecule has 9 nitrogen and oxygen atoms in total. The minimum atomic E-state index is -1.09. The van der Waals surface area contributed by atoms with Crippen molar-refractivity contribution in [2.75, 3.05) is 25.5 Å². The number of carbonyl (C=O) groups excluding carboxylic acids is 2. The fourth-order valence-electron chi connectivity index (χ4n) is 2.66. The lowest BCUT2D eigenvalue weighted by Gasteiger charge is -2.25. The molecular formula is C19H32N6O3. The van der Waals surface area contributed by atoms with Crippen molar-refractivity contribution in [2.24, 2.45) is 22.2 Å². The Labute approximate surface area is 166 Å². The zero-order valence-corrected chi connectivity index (χ0v) is 17.0. The first kappa shape index (κ1) is 23.2. The molecule has 1 amide bonds. The van der Waals surface area contributed by atoms with Crippen molar-refractivity contribution < 1.29 is 14.3 Å². The molecule has 156 valence electrons. The summed E-state index contributed by atoms with van der Waals surface area (Å²) < 4.78 is 5.29. The van der Waals surface area contributed by atoms with Gasteiger partial charge in [-0.15, -0.1) is 0 Å². The van der Waals surface area contributed by atoms with Crippen LogP contribution in [0.1, 0.15) is 44.0 Å². The predicted octanol–water partition coefficient (Wildman–Crippen LogP) is 0.585. The summed E-state index contributed by atoms with van der Waals surface area (Å²) in [6.45, 7) is 6.24. The van der Waals surface area contributed by atoms with E-state index in [2.05, 4.69) is 15.6 Å². The van der Waals surface area contributed by atoms with Crippen molar-refractivity contribution in [3.63, 3.8) is 0 Å². The van der Waals surface area contributed by atoms with Crippen LogP contribution in [0.25, 0.3) is 0 Å². The molecule has 0 spiro atoms. The number of nitrogens with two attached hydrogens (primary N) is 3. The van der Waals surface area contributed by atoms with Crippen molar-refractivity contribution in [3.05, 3.63) is 23.8 Å². The van der Waals surface area contributed by atoms with Gasteiger partial charge in [0.25, 0.3) is 5.91 Å². The van der Waals surface area contributed by atoms with Crippen LogP contribution in [0.15, 0.2) is 23.2 Å². The number of methoxy groups -OCH3 is 1. The molecule has 0 saturated carbocycles. The molecule has 0 bridgehead atoms. The second-order valence-electron chi connectivity index (χ2n) is 7.01. The third-order valence-electron chi connectivity index (χ3n) is 4.03. The summed E-state index contributed by atoms with van der Waals surface area (Å²) in [4.78, 5) is 29.5.